The van der Waals surface area contributed by atoms with Gasteiger partial charge in [-0.15, -0.1) is 0 Å². The van der Waals surface area contributed by atoms with Gasteiger partial charge < -0.3 is 9.72 Å². The van der Waals surface area contributed by atoms with Gasteiger partial charge in [-0.3, -0.25) is 9.69 Å². The molecule has 2 fully saturated rings. The molecule has 8 heteroatoms. The zero-order valence-corrected chi connectivity index (χ0v) is 17.1. The molecule has 0 aliphatic carbocycles. The van der Waals surface area contributed by atoms with E-state index in [2.05, 4.69) is 21.9 Å². The van der Waals surface area contributed by atoms with Crippen LogP contribution in [0.2, 0.25) is 0 Å². The van der Waals surface area contributed by atoms with Gasteiger partial charge in [0.15, 0.2) is 5.65 Å². The topological polar surface area (TPSA) is 76.0 Å². The van der Waals surface area contributed by atoms with Gasteiger partial charge in [0, 0.05) is 26.3 Å². The lowest BCUT2D eigenvalue weighted by atomic mass is 9.91. The Morgan fingerprint density at radius 1 is 1.30 bits per heavy atom. The molecule has 0 amide bonds. The van der Waals surface area contributed by atoms with Crippen molar-refractivity contribution >= 4 is 11.0 Å². The third kappa shape index (κ3) is 3.65. The molecule has 0 unspecified atom stereocenters. The molecule has 2 aromatic heterocycles. The molecule has 1 atom stereocenters. The number of nitrogens with zero attached hydrogens (tertiary/aromatic N) is 4. The highest BCUT2D eigenvalue weighted by Crippen LogP contribution is 2.30. The van der Waals surface area contributed by atoms with E-state index in [4.69, 9.17) is 9.72 Å². The summed E-state index contributed by atoms with van der Waals surface area (Å²) in [5, 5.41) is 4.99. The maximum Gasteiger partial charge on any atom is 0.262 e. The molecule has 30 heavy (non-hydrogen) atoms. The normalized spacial score (nSPS) is 19.8. The number of nitrogens with one attached hydrogen (secondary N) is 1. The highest BCUT2D eigenvalue weighted by molar-refractivity contribution is 5.73. The summed E-state index contributed by atoms with van der Waals surface area (Å²) < 4.78 is 20.8. The molecule has 7 nitrogen and oxygen atoms in total. The van der Waals surface area contributed by atoms with Crippen molar-refractivity contribution in [2.24, 2.45) is 5.92 Å². The monoisotopic (exact) mass is 411 g/mol. The van der Waals surface area contributed by atoms with Gasteiger partial charge in [-0.25, -0.2) is 14.1 Å². The molecule has 0 bridgehead atoms. The number of rotatable bonds is 5. The van der Waals surface area contributed by atoms with Crippen molar-refractivity contribution in [3.05, 3.63) is 58.0 Å². The first-order valence-electron chi connectivity index (χ1n) is 10.6. The standard InChI is InChI=1S/C22H26FN5O2/c1-14(27-12-16(13-27)9-15-3-2-4-17(23)10-15)20-25-21-19(22(29)26-20)11-24-28(21)18-5-7-30-8-6-18/h2-4,10-11,14,16,18H,5-9,12-13H2,1H3,(H,25,26,29)/t14-/m1/s1. The second-order valence-electron chi connectivity index (χ2n) is 8.45. The van der Waals surface area contributed by atoms with Crippen LogP contribution in [0, 0.1) is 11.7 Å². The largest absolute Gasteiger partial charge is 0.381 e. The van der Waals surface area contributed by atoms with Crippen molar-refractivity contribution in [3.63, 3.8) is 0 Å². The van der Waals surface area contributed by atoms with Crippen molar-refractivity contribution in [1.82, 2.24) is 24.6 Å². The predicted octanol–water partition coefficient (Wildman–Crippen LogP) is 2.85. The van der Waals surface area contributed by atoms with E-state index in [-0.39, 0.29) is 23.5 Å². The third-order valence-electron chi connectivity index (χ3n) is 6.36. The van der Waals surface area contributed by atoms with Crippen LogP contribution in [0.3, 0.4) is 0 Å². The Morgan fingerprint density at radius 3 is 2.87 bits per heavy atom. The molecule has 3 aromatic rings. The summed E-state index contributed by atoms with van der Waals surface area (Å²) in [5.41, 5.74) is 1.54. The molecule has 2 aliphatic heterocycles. The molecule has 158 valence electrons. The van der Waals surface area contributed by atoms with Crippen molar-refractivity contribution in [3.8, 4) is 0 Å². The van der Waals surface area contributed by atoms with Crippen molar-refractivity contribution in [2.45, 2.75) is 38.3 Å². The number of halogens is 1. The first-order chi connectivity index (χ1) is 14.6. The molecule has 0 spiro atoms. The van der Waals surface area contributed by atoms with Crippen molar-refractivity contribution in [1.29, 1.82) is 0 Å². The average molecular weight is 411 g/mol. The number of ether oxygens (including phenoxy) is 1. The number of benzene rings is 1. The average Bonchev–Trinajstić information content (AvgIpc) is 3.15. The second-order valence-corrected chi connectivity index (χ2v) is 8.45. The fourth-order valence-corrected chi connectivity index (χ4v) is 4.57. The first-order valence-corrected chi connectivity index (χ1v) is 10.6. The Hall–Kier alpha value is -2.58. The number of hydrogen-bond donors (Lipinski definition) is 1. The number of aromatic amines is 1. The summed E-state index contributed by atoms with van der Waals surface area (Å²) in [6.07, 6.45) is 4.23. The SMILES string of the molecule is C[C@H](c1nc2c(cnn2C2CCOCC2)c(=O)[nH]1)N1CC(Cc2cccc(F)c2)C1. The van der Waals surface area contributed by atoms with Gasteiger partial charge in [0.25, 0.3) is 5.56 Å². The van der Waals surface area contributed by atoms with E-state index < -0.39 is 0 Å². The van der Waals surface area contributed by atoms with Gasteiger partial charge in [-0.2, -0.15) is 5.10 Å². The van der Waals surface area contributed by atoms with Crippen LogP contribution >= 0.6 is 0 Å². The van der Waals surface area contributed by atoms with Crippen LogP contribution in [-0.2, 0) is 11.2 Å². The van der Waals surface area contributed by atoms with Crippen LogP contribution in [0.5, 0.6) is 0 Å². The van der Waals surface area contributed by atoms with Crippen LogP contribution < -0.4 is 5.56 Å². The minimum absolute atomic E-state index is 0.00361. The van der Waals surface area contributed by atoms with E-state index in [1.54, 1.807) is 18.3 Å². The van der Waals surface area contributed by atoms with Gasteiger partial charge in [-0.05, 0) is 49.8 Å². The van der Waals surface area contributed by atoms with Crippen LogP contribution in [-0.4, -0.2) is 51.0 Å². The Bertz CT molecular complexity index is 1100. The quantitative estimate of drug-likeness (QED) is 0.699. The highest BCUT2D eigenvalue weighted by atomic mass is 19.1. The lowest BCUT2D eigenvalue weighted by Crippen LogP contribution is -2.49. The molecule has 1 N–H and O–H groups in total. The lowest BCUT2D eigenvalue weighted by Gasteiger charge is -2.42. The molecule has 0 saturated carbocycles. The molecular formula is C22H26FN5O2. The molecule has 4 heterocycles. The Kier molecular flexibility index (Phi) is 5.12. The number of H-pyrrole nitrogens is 1. The maximum absolute atomic E-state index is 13.4. The Balaban J connectivity index is 1.31. The van der Waals surface area contributed by atoms with Crippen LogP contribution in [0.4, 0.5) is 4.39 Å². The fourth-order valence-electron chi connectivity index (χ4n) is 4.57. The summed E-state index contributed by atoms with van der Waals surface area (Å²) in [7, 11) is 0. The Morgan fingerprint density at radius 2 is 2.10 bits per heavy atom. The van der Waals surface area contributed by atoms with E-state index in [0.29, 0.717) is 36.0 Å². The highest BCUT2D eigenvalue weighted by Gasteiger charge is 2.32. The van der Waals surface area contributed by atoms with Gasteiger partial charge in [-0.1, -0.05) is 12.1 Å². The number of aromatic nitrogens is 4. The van der Waals surface area contributed by atoms with Gasteiger partial charge in [0.2, 0.25) is 0 Å². The van der Waals surface area contributed by atoms with Crippen molar-refractivity contribution < 1.29 is 9.13 Å². The van der Waals surface area contributed by atoms with Crippen LogP contribution in [0.1, 0.15) is 43.2 Å². The van der Waals surface area contributed by atoms with Gasteiger partial charge >= 0.3 is 0 Å². The number of fused-ring (bicyclic) bond motifs is 1. The lowest BCUT2D eigenvalue weighted by molar-refractivity contribution is 0.0561. The zero-order valence-electron chi connectivity index (χ0n) is 17.1. The molecular weight excluding hydrogens is 385 g/mol. The summed E-state index contributed by atoms with van der Waals surface area (Å²) in [5.74, 6) is 0.969. The van der Waals surface area contributed by atoms with Gasteiger partial charge in [0.1, 0.15) is 17.0 Å². The molecule has 5 rings (SSSR count). The third-order valence-corrected chi connectivity index (χ3v) is 6.36. The van der Waals surface area contributed by atoms with Crippen LogP contribution in [0.25, 0.3) is 11.0 Å². The van der Waals surface area contributed by atoms with E-state index in [1.165, 1.54) is 6.07 Å². The molecule has 0 radical (unpaired) electrons. The minimum Gasteiger partial charge on any atom is -0.381 e. The Labute approximate surface area is 173 Å². The number of likely N-dealkylation sites (tertiary alicyclic amines) is 1. The summed E-state index contributed by atoms with van der Waals surface area (Å²) in [4.78, 5) is 22.7. The number of hydrogen-bond acceptors (Lipinski definition) is 5. The van der Waals surface area contributed by atoms with E-state index >= 15 is 0 Å². The second kappa shape index (κ2) is 7.92. The van der Waals surface area contributed by atoms with Crippen LogP contribution in [0.15, 0.2) is 35.3 Å². The summed E-state index contributed by atoms with van der Waals surface area (Å²) >= 11 is 0. The smallest absolute Gasteiger partial charge is 0.262 e. The van der Waals surface area contributed by atoms with E-state index in [9.17, 15) is 9.18 Å². The zero-order chi connectivity index (χ0) is 20.7. The fraction of sp³-hybridized carbons (Fsp3) is 0.500. The minimum atomic E-state index is -0.187. The molecule has 1 aromatic carbocycles. The van der Waals surface area contributed by atoms with E-state index in [1.807, 2.05) is 10.7 Å². The predicted molar refractivity (Wildman–Crippen MR) is 111 cm³/mol. The molecule has 2 saturated heterocycles. The molecule has 2 aliphatic rings. The summed E-state index contributed by atoms with van der Waals surface area (Å²) in [6.45, 7) is 5.28. The van der Waals surface area contributed by atoms with Crippen molar-refractivity contribution in [2.75, 3.05) is 26.3 Å². The van der Waals surface area contributed by atoms with Gasteiger partial charge in [0.05, 0.1) is 18.3 Å². The summed E-state index contributed by atoms with van der Waals surface area (Å²) in [6, 6.07) is 7.03. The first kappa shape index (κ1) is 19.4. The van der Waals surface area contributed by atoms with E-state index in [0.717, 1.165) is 37.9 Å². The maximum atomic E-state index is 13.4.